The summed E-state index contributed by atoms with van der Waals surface area (Å²) in [5.74, 6) is -1.58. The van der Waals surface area contributed by atoms with Gasteiger partial charge in [0.05, 0.1) is 17.1 Å². The number of aromatic nitrogens is 1. The fourth-order valence-electron chi connectivity index (χ4n) is 2.78. The van der Waals surface area contributed by atoms with Crippen molar-refractivity contribution in [3.05, 3.63) is 51.7 Å². The Balaban J connectivity index is 1.64. The summed E-state index contributed by atoms with van der Waals surface area (Å²) in [5.41, 5.74) is 0.549. The van der Waals surface area contributed by atoms with Crippen molar-refractivity contribution in [1.29, 1.82) is 0 Å². The van der Waals surface area contributed by atoms with Crippen molar-refractivity contribution in [2.24, 2.45) is 5.92 Å². The number of hydrogen-bond acceptors (Lipinski definition) is 4. The molecule has 2 heterocycles. The second kappa shape index (κ2) is 7.09. The molecule has 1 aromatic carbocycles. The van der Waals surface area contributed by atoms with Crippen LogP contribution in [-0.2, 0) is 11.2 Å². The highest BCUT2D eigenvalue weighted by molar-refractivity contribution is 7.13. The Bertz CT molecular complexity index is 754. The zero-order valence-electron chi connectivity index (χ0n) is 12.9. The maximum atomic E-state index is 13.7. The molecule has 3 rings (SSSR count). The Hall–Kier alpha value is -2.28. The number of nitrogens with zero attached hydrogens (tertiary/aromatic N) is 2. The van der Waals surface area contributed by atoms with Gasteiger partial charge in [0.1, 0.15) is 10.7 Å². The molecule has 0 aliphatic carbocycles. The zero-order chi connectivity index (χ0) is 17.1. The van der Waals surface area contributed by atoms with Crippen molar-refractivity contribution in [2.45, 2.75) is 19.3 Å². The summed E-state index contributed by atoms with van der Waals surface area (Å²) in [6.07, 6.45) is 2.82. The van der Waals surface area contributed by atoms with Crippen LogP contribution in [0.2, 0.25) is 0 Å². The summed E-state index contributed by atoms with van der Waals surface area (Å²) in [4.78, 5) is 29.8. The van der Waals surface area contributed by atoms with E-state index < -0.39 is 5.97 Å². The van der Waals surface area contributed by atoms with Crippen molar-refractivity contribution in [1.82, 2.24) is 9.88 Å². The molecule has 1 fully saturated rings. The van der Waals surface area contributed by atoms with Crippen molar-refractivity contribution in [3.8, 4) is 0 Å². The molecule has 126 valence electrons. The molecular formula is C17H17FN2O3S. The first-order chi connectivity index (χ1) is 11.5. The van der Waals surface area contributed by atoms with Crippen molar-refractivity contribution in [3.63, 3.8) is 0 Å². The predicted octanol–water partition coefficient (Wildman–Crippen LogP) is 2.81. The van der Waals surface area contributed by atoms with Gasteiger partial charge in [0, 0.05) is 19.5 Å². The van der Waals surface area contributed by atoms with Crippen LogP contribution in [0, 0.1) is 11.7 Å². The number of hydrogen-bond donors (Lipinski definition) is 1. The number of amides is 1. The van der Waals surface area contributed by atoms with E-state index in [2.05, 4.69) is 4.98 Å². The van der Waals surface area contributed by atoms with Crippen molar-refractivity contribution < 1.29 is 19.1 Å². The number of thiazole rings is 1. The van der Waals surface area contributed by atoms with Crippen LogP contribution in [0.1, 0.15) is 33.1 Å². The molecule has 0 unspecified atom stereocenters. The number of aliphatic carboxylic acids is 1. The molecule has 1 saturated heterocycles. The number of piperidine rings is 1. The number of likely N-dealkylation sites (tertiary alicyclic amines) is 1. The lowest BCUT2D eigenvalue weighted by Gasteiger charge is -2.29. The third-order valence-electron chi connectivity index (χ3n) is 4.20. The second-order valence-corrected chi connectivity index (χ2v) is 6.91. The second-order valence-electron chi connectivity index (χ2n) is 5.79. The molecule has 0 radical (unpaired) electrons. The molecule has 1 aliphatic rings. The van der Waals surface area contributed by atoms with Gasteiger partial charge in [-0.2, -0.15) is 0 Å². The maximum absolute atomic E-state index is 13.7. The van der Waals surface area contributed by atoms with Gasteiger partial charge in [0.25, 0.3) is 5.91 Å². The van der Waals surface area contributed by atoms with Crippen LogP contribution in [0.15, 0.2) is 30.5 Å². The monoisotopic (exact) mass is 348 g/mol. The van der Waals surface area contributed by atoms with E-state index in [9.17, 15) is 14.0 Å². The first kappa shape index (κ1) is 16.6. The predicted molar refractivity (Wildman–Crippen MR) is 87.6 cm³/mol. The number of halogens is 1. The zero-order valence-corrected chi connectivity index (χ0v) is 13.8. The molecule has 5 nitrogen and oxygen atoms in total. The van der Waals surface area contributed by atoms with Gasteiger partial charge >= 0.3 is 5.97 Å². The normalized spacial score (nSPS) is 15.5. The molecule has 1 N–H and O–H groups in total. The topological polar surface area (TPSA) is 70.5 Å². The summed E-state index contributed by atoms with van der Waals surface area (Å²) >= 11 is 1.26. The van der Waals surface area contributed by atoms with Gasteiger partial charge in [-0.1, -0.05) is 18.2 Å². The molecule has 0 bridgehead atoms. The third kappa shape index (κ3) is 3.62. The van der Waals surface area contributed by atoms with E-state index >= 15 is 0 Å². The third-order valence-corrected chi connectivity index (χ3v) is 5.18. The molecule has 1 amide bonds. The first-order valence-electron chi connectivity index (χ1n) is 7.75. The van der Waals surface area contributed by atoms with Crippen LogP contribution in [0.25, 0.3) is 0 Å². The van der Waals surface area contributed by atoms with Crippen molar-refractivity contribution >= 4 is 23.2 Å². The maximum Gasteiger partial charge on any atom is 0.306 e. The van der Waals surface area contributed by atoms with Crippen LogP contribution in [0.3, 0.4) is 0 Å². The molecule has 1 aliphatic heterocycles. The number of benzene rings is 1. The first-order valence-corrected chi connectivity index (χ1v) is 8.56. The van der Waals surface area contributed by atoms with E-state index in [1.165, 1.54) is 23.6 Å². The van der Waals surface area contributed by atoms with E-state index in [1.54, 1.807) is 23.1 Å². The molecule has 7 heteroatoms. The summed E-state index contributed by atoms with van der Waals surface area (Å²) < 4.78 is 13.7. The minimum Gasteiger partial charge on any atom is -0.481 e. The minimum absolute atomic E-state index is 0.129. The Morgan fingerprint density at radius 3 is 2.67 bits per heavy atom. The van der Waals surface area contributed by atoms with E-state index in [1.807, 2.05) is 0 Å². The van der Waals surface area contributed by atoms with Crippen LogP contribution >= 0.6 is 11.3 Å². The molecular weight excluding hydrogens is 331 g/mol. The molecule has 0 spiro atoms. The lowest BCUT2D eigenvalue weighted by molar-refractivity contribution is -0.143. The fraction of sp³-hybridized carbons (Fsp3) is 0.353. The average Bonchev–Trinajstić information content (AvgIpc) is 3.05. The highest BCUT2D eigenvalue weighted by Crippen LogP contribution is 2.23. The largest absolute Gasteiger partial charge is 0.481 e. The summed E-state index contributed by atoms with van der Waals surface area (Å²) in [6, 6.07) is 6.51. The summed E-state index contributed by atoms with van der Waals surface area (Å²) in [6.45, 7) is 0.882. The summed E-state index contributed by atoms with van der Waals surface area (Å²) in [5, 5.41) is 9.69. The molecule has 2 aromatic rings. The highest BCUT2D eigenvalue weighted by atomic mass is 32.1. The van der Waals surface area contributed by atoms with Gasteiger partial charge in [-0.05, 0) is 24.5 Å². The molecule has 0 saturated carbocycles. The van der Waals surface area contributed by atoms with Gasteiger partial charge in [-0.3, -0.25) is 9.59 Å². The van der Waals surface area contributed by atoms with E-state index in [-0.39, 0.29) is 17.6 Å². The number of carboxylic acid groups (broad SMARTS) is 1. The number of carbonyl (C=O) groups is 2. The van der Waals surface area contributed by atoms with E-state index in [4.69, 9.17) is 5.11 Å². The Morgan fingerprint density at radius 2 is 2.00 bits per heavy atom. The Morgan fingerprint density at radius 1 is 1.29 bits per heavy atom. The SMILES string of the molecule is O=C(O)C1CCN(C(=O)c2cnc(Cc3ccccc3F)s2)CC1. The lowest BCUT2D eigenvalue weighted by Crippen LogP contribution is -2.39. The van der Waals surface area contributed by atoms with E-state index in [0.29, 0.717) is 47.8 Å². The minimum atomic E-state index is -0.799. The number of carboxylic acids is 1. The smallest absolute Gasteiger partial charge is 0.306 e. The van der Waals surface area contributed by atoms with Gasteiger partial charge in [-0.15, -0.1) is 11.3 Å². The van der Waals surface area contributed by atoms with Crippen molar-refractivity contribution in [2.75, 3.05) is 13.1 Å². The number of carbonyl (C=O) groups excluding carboxylic acids is 1. The average molecular weight is 348 g/mol. The molecule has 24 heavy (non-hydrogen) atoms. The number of rotatable bonds is 4. The van der Waals surface area contributed by atoms with E-state index in [0.717, 1.165) is 0 Å². The lowest BCUT2D eigenvalue weighted by atomic mass is 9.97. The Kier molecular flexibility index (Phi) is 4.89. The van der Waals surface area contributed by atoms with Gasteiger partial charge < -0.3 is 10.0 Å². The van der Waals surface area contributed by atoms with Gasteiger partial charge in [0.2, 0.25) is 0 Å². The molecule has 1 aromatic heterocycles. The van der Waals surface area contributed by atoms with Gasteiger partial charge in [0.15, 0.2) is 0 Å². The standard InChI is InChI=1S/C17H17FN2O3S/c18-13-4-2-1-3-12(13)9-15-19-10-14(24-15)16(21)20-7-5-11(6-8-20)17(22)23/h1-4,10-11H,5-9H2,(H,22,23). The van der Waals surface area contributed by atoms with Gasteiger partial charge in [-0.25, -0.2) is 9.37 Å². The molecule has 0 atom stereocenters. The highest BCUT2D eigenvalue weighted by Gasteiger charge is 2.28. The van der Waals surface area contributed by atoms with Crippen LogP contribution in [0.5, 0.6) is 0 Å². The van der Waals surface area contributed by atoms with Crippen LogP contribution in [0.4, 0.5) is 4.39 Å². The Labute approximate surface area is 142 Å². The summed E-state index contributed by atoms with van der Waals surface area (Å²) in [7, 11) is 0. The quantitative estimate of drug-likeness (QED) is 0.922. The van der Waals surface area contributed by atoms with Crippen LogP contribution in [-0.4, -0.2) is 40.0 Å². The fourth-order valence-corrected chi connectivity index (χ4v) is 3.69. The van der Waals surface area contributed by atoms with Crippen LogP contribution < -0.4 is 0 Å².